The molecule has 1 fully saturated rings. The molecule has 1 aromatic carbocycles. The van der Waals surface area contributed by atoms with Crippen molar-refractivity contribution in [3.8, 4) is 12.3 Å². The fourth-order valence-corrected chi connectivity index (χ4v) is 5.79. The minimum atomic E-state index is 0.0886. The number of carbonyl (C=O) groups excluding carboxylic acids is 1. The van der Waals surface area contributed by atoms with E-state index in [1.54, 1.807) is 23.7 Å². The molecule has 2 aliphatic heterocycles. The summed E-state index contributed by atoms with van der Waals surface area (Å²) in [5, 5.41) is 4.47. The van der Waals surface area contributed by atoms with E-state index in [0.717, 1.165) is 53.3 Å². The van der Waals surface area contributed by atoms with Crippen LogP contribution in [-0.4, -0.2) is 51.9 Å². The standard InChI is InChI=1S/C26H27N5OS/c1-2-19-8-6-9-20(16-19)29-25-24-21-11-15-31(17-22(21)33-26(24)28-18-27-25)23(32)10-7-14-30-12-4-3-5-13-30/h1,6-10,16,18H,3-5,11-15,17H2,(H,27,28,29). The highest BCUT2D eigenvalue weighted by atomic mass is 32.1. The zero-order valence-electron chi connectivity index (χ0n) is 18.6. The molecular formula is C26H27N5OS. The second kappa shape index (κ2) is 9.74. The molecule has 4 heterocycles. The summed E-state index contributed by atoms with van der Waals surface area (Å²) in [5.41, 5.74) is 2.96. The minimum Gasteiger partial charge on any atom is -0.340 e. The highest BCUT2D eigenvalue weighted by Gasteiger charge is 2.25. The van der Waals surface area contributed by atoms with E-state index in [0.29, 0.717) is 13.1 Å². The molecule has 0 atom stereocenters. The number of terminal acetylenes is 1. The van der Waals surface area contributed by atoms with Gasteiger partial charge in [0.25, 0.3) is 0 Å². The number of rotatable bonds is 5. The van der Waals surface area contributed by atoms with Gasteiger partial charge in [-0.1, -0.05) is 24.5 Å². The number of nitrogens with one attached hydrogen (secondary N) is 1. The third-order valence-corrected chi connectivity index (χ3v) is 7.44. The number of hydrogen-bond acceptors (Lipinski definition) is 6. The molecule has 1 N–H and O–H groups in total. The van der Waals surface area contributed by atoms with E-state index in [-0.39, 0.29) is 5.91 Å². The number of benzene rings is 1. The Morgan fingerprint density at radius 2 is 2.09 bits per heavy atom. The Kier molecular flexibility index (Phi) is 6.38. The molecule has 0 unspecified atom stereocenters. The molecule has 5 rings (SSSR count). The Hall–Kier alpha value is -3.21. The predicted molar refractivity (Wildman–Crippen MR) is 134 cm³/mol. The van der Waals surface area contributed by atoms with Gasteiger partial charge in [-0.05, 0) is 56.1 Å². The van der Waals surface area contributed by atoms with Crippen LogP contribution in [0.4, 0.5) is 11.5 Å². The maximum atomic E-state index is 12.8. The van der Waals surface area contributed by atoms with Gasteiger partial charge >= 0.3 is 0 Å². The van der Waals surface area contributed by atoms with Gasteiger partial charge in [-0.3, -0.25) is 9.69 Å². The Labute approximate surface area is 198 Å². The summed E-state index contributed by atoms with van der Waals surface area (Å²) < 4.78 is 0. The lowest BCUT2D eigenvalue weighted by Gasteiger charge is -2.27. The van der Waals surface area contributed by atoms with Gasteiger partial charge in [0.1, 0.15) is 17.0 Å². The molecule has 2 aromatic heterocycles. The van der Waals surface area contributed by atoms with E-state index in [9.17, 15) is 4.79 Å². The van der Waals surface area contributed by atoms with Gasteiger partial charge in [-0.25, -0.2) is 9.97 Å². The van der Waals surface area contributed by atoms with Crippen molar-refractivity contribution >= 4 is 39.0 Å². The number of fused-ring (bicyclic) bond motifs is 3. The number of hydrogen-bond donors (Lipinski definition) is 1. The van der Waals surface area contributed by atoms with Gasteiger partial charge in [-0.15, -0.1) is 17.8 Å². The number of likely N-dealkylation sites (tertiary alicyclic amines) is 1. The lowest BCUT2D eigenvalue weighted by atomic mass is 10.0. The molecule has 6 nitrogen and oxygen atoms in total. The lowest BCUT2D eigenvalue weighted by Crippen LogP contribution is -2.34. The van der Waals surface area contributed by atoms with Crippen LogP contribution in [0.15, 0.2) is 42.7 Å². The molecule has 0 spiro atoms. The Morgan fingerprint density at radius 3 is 2.94 bits per heavy atom. The van der Waals surface area contributed by atoms with Crippen molar-refractivity contribution in [2.45, 2.75) is 32.2 Å². The monoisotopic (exact) mass is 457 g/mol. The molecule has 7 heteroatoms. The molecule has 0 bridgehead atoms. The molecule has 1 saturated heterocycles. The maximum Gasteiger partial charge on any atom is 0.246 e. The number of aromatic nitrogens is 2. The molecular weight excluding hydrogens is 430 g/mol. The van der Waals surface area contributed by atoms with Crippen molar-refractivity contribution in [2.24, 2.45) is 0 Å². The van der Waals surface area contributed by atoms with Gasteiger partial charge in [0.2, 0.25) is 5.91 Å². The first-order valence-electron chi connectivity index (χ1n) is 11.5. The van der Waals surface area contributed by atoms with Crippen molar-refractivity contribution in [3.05, 3.63) is 58.7 Å². The van der Waals surface area contributed by atoms with Crippen LogP contribution in [0.25, 0.3) is 10.2 Å². The van der Waals surface area contributed by atoms with E-state index in [4.69, 9.17) is 6.42 Å². The summed E-state index contributed by atoms with van der Waals surface area (Å²) in [5.74, 6) is 3.54. The second-order valence-corrected chi connectivity index (χ2v) is 9.61. The van der Waals surface area contributed by atoms with Crippen molar-refractivity contribution in [1.82, 2.24) is 19.8 Å². The SMILES string of the molecule is C#Cc1cccc(Nc2ncnc3sc4c(c23)CCN(C(=O)C=CCN2CCCCC2)C4)c1. The fraction of sp³-hybridized carbons (Fsp3) is 0.346. The number of anilines is 2. The van der Waals surface area contributed by atoms with E-state index >= 15 is 0 Å². The van der Waals surface area contributed by atoms with Gasteiger partial charge < -0.3 is 10.2 Å². The predicted octanol–water partition coefficient (Wildman–Crippen LogP) is 4.34. The van der Waals surface area contributed by atoms with Crippen LogP contribution in [0.5, 0.6) is 0 Å². The summed E-state index contributed by atoms with van der Waals surface area (Å²) in [7, 11) is 0. The van der Waals surface area contributed by atoms with Crippen molar-refractivity contribution < 1.29 is 4.79 Å². The molecule has 33 heavy (non-hydrogen) atoms. The number of piperidine rings is 1. The second-order valence-electron chi connectivity index (χ2n) is 8.53. The minimum absolute atomic E-state index is 0.0886. The van der Waals surface area contributed by atoms with Crippen LogP contribution >= 0.6 is 11.3 Å². The average molecular weight is 458 g/mol. The van der Waals surface area contributed by atoms with Crippen molar-refractivity contribution in [1.29, 1.82) is 0 Å². The van der Waals surface area contributed by atoms with Crippen molar-refractivity contribution in [2.75, 3.05) is 31.5 Å². The lowest BCUT2D eigenvalue weighted by molar-refractivity contribution is -0.126. The topological polar surface area (TPSA) is 61.4 Å². The number of amides is 1. The number of nitrogens with zero attached hydrogens (tertiary/aromatic N) is 4. The van der Waals surface area contributed by atoms with Crippen LogP contribution in [0.1, 0.15) is 35.3 Å². The first-order valence-corrected chi connectivity index (χ1v) is 12.3. The summed E-state index contributed by atoms with van der Waals surface area (Å²) >= 11 is 1.65. The highest BCUT2D eigenvalue weighted by Crippen LogP contribution is 2.38. The van der Waals surface area contributed by atoms with Crippen LogP contribution in [0.3, 0.4) is 0 Å². The fourth-order valence-electron chi connectivity index (χ4n) is 4.58. The normalized spacial score (nSPS) is 16.6. The number of carbonyl (C=O) groups is 1. The Bertz CT molecular complexity index is 1240. The molecule has 1 amide bonds. The average Bonchev–Trinajstić information content (AvgIpc) is 3.23. The molecule has 3 aromatic rings. The van der Waals surface area contributed by atoms with Gasteiger partial charge in [-0.2, -0.15) is 0 Å². The van der Waals surface area contributed by atoms with E-state index < -0.39 is 0 Å². The van der Waals surface area contributed by atoms with Gasteiger partial charge in [0, 0.05) is 35.3 Å². The third-order valence-electron chi connectivity index (χ3n) is 6.31. The Morgan fingerprint density at radius 1 is 1.21 bits per heavy atom. The summed E-state index contributed by atoms with van der Waals surface area (Å²) in [6.45, 7) is 4.46. The van der Waals surface area contributed by atoms with Gasteiger partial charge in [0.05, 0.1) is 11.9 Å². The van der Waals surface area contributed by atoms with Gasteiger partial charge in [0.15, 0.2) is 0 Å². The zero-order valence-corrected chi connectivity index (χ0v) is 19.4. The van der Waals surface area contributed by atoms with Crippen molar-refractivity contribution in [3.63, 3.8) is 0 Å². The third kappa shape index (κ3) is 4.77. The van der Waals surface area contributed by atoms with Crippen LogP contribution in [-0.2, 0) is 17.8 Å². The maximum absolute atomic E-state index is 12.8. The summed E-state index contributed by atoms with van der Waals surface area (Å²) in [6, 6.07) is 7.74. The van der Waals surface area contributed by atoms with E-state index in [1.165, 1.54) is 29.7 Å². The number of thiophene rings is 1. The quantitative estimate of drug-likeness (QED) is 0.456. The summed E-state index contributed by atoms with van der Waals surface area (Å²) in [6.07, 6.45) is 15.5. The first kappa shape index (κ1) is 21.6. The largest absolute Gasteiger partial charge is 0.340 e. The zero-order chi connectivity index (χ0) is 22.6. The molecule has 2 aliphatic rings. The van der Waals surface area contributed by atoms with Crippen LogP contribution in [0.2, 0.25) is 0 Å². The highest BCUT2D eigenvalue weighted by molar-refractivity contribution is 7.19. The molecule has 0 radical (unpaired) electrons. The molecule has 0 saturated carbocycles. The van der Waals surface area contributed by atoms with Crippen LogP contribution < -0.4 is 5.32 Å². The van der Waals surface area contributed by atoms with Crippen LogP contribution in [0, 0.1) is 12.3 Å². The van der Waals surface area contributed by atoms with E-state index in [1.807, 2.05) is 35.2 Å². The smallest absolute Gasteiger partial charge is 0.246 e. The first-order chi connectivity index (χ1) is 16.2. The molecule has 0 aliphatic carbocycles. The molecule has 168 valence electrons. The Balaban J connectivity index is 1.31. The summed E-state index contributed by atoms with van der Waals surface area (Å²) in [4.78, 5) is 28.3. The van der Waals surface area contributed by atoms with E-state index in [2.05, 4.69) is 26.1 Å².